The Kier molecular flexibility index (Phi) is 3.42. The average Bonchev–Trinajstić information content (AvgIpc) is 3.01. The third kappa shape index (κ3) is 2.84. The summed E-state index contributed by atoms with van der Waals surface area (Å²) in [4.78, 5) is 13.8. The van der Waals surface area contributed by atoms with Crippen LogP contribution in [-0.2, 0) is 4.74 Å². The van der Waals surface area contributed by atoms with Crippen molar-refractivity contribution in [3.8, 4) is 0 Å². The largest absolute Gasteiger partial charge is 0.444 e. The molecule has 1 aliphatic heterocycles. The van der Waals surface area contributed by atoms with Crippen LogP contribution in [0.15, 0.2) is 18.2 Å². The van der Waals surface area contributed by atoms with Gasteiger partial charge in [-0.15, -0.1) is 5.10 Å². The normalized spacial score (nSPS) is 18.9. The van der Waals surface area contributed by atoms with Crippen LogP contribution in [0.2, 0.25) is 0 Å². The fourth-order valence-electron chi connectivity index (χ4n) is 2.66. The minimum Gasteiger partial charge on any atom is -0.444 e. The van der Waals surface area contributed by atoms with Gasteiger partial charge in [-0.05, 0) is 45.4 Å². The molecular weight excluding hydrogens is 282 g/mol. The summed E-state index contributed by atoms with van der Waals surface area (Å²) in [5.41, 5.74) is 7.66. The number of ether oxygens (including phenoxy) is 1. The Morgan fingerprint density at radius 1 is 1.41 bits per heavy atom. The summed E-state index contributed by atoms with van der Waals surface area (Å²) in [6.07, 6.45) is 0.561. The molecular formula is C15H21N5O2. The number of nitrogen functional groups attached to an aromatic ring is 1. The predicted molar refractivity (Wildman–Crippen MR) is 83.4 cm³/mol. The lowest BCUT2D eigenvalue weighted by Gasteiger charge is -2.24. The molecule has 2 N–H and O–H groups in total. The zero-order valence-corrected chi connectivity index (χ0v) is 13.1. The number of carbonyl (C=O) groups is 1. The van der Waals surface area contributed by atoms with E-state index in [1.54, 1.807) is 11.0 Å². The number of likely N-dealkylation sites (tertiary alicyclic amines) is 1. The van der Waals surface area contributed by atoms with Crippen LogP contribution in [0.5, 0.6) is 0 Å². The average molecular weight is 303 g/mol. The van der Waals surface area contributed by atoms with E-state index in [1.165, 1.54) is 0 Å². The molecule has 0 saturated carbocycles. The number of benzene rings is 1. The zero-order valence-electron chi connectivity index (χ0n) is 13.1. The predicted octanol–water partition coefficient (Wildman–Crippen LogP) is 2.20. The van der Waals surface area contributed by atoms with E-state index in [2.05, 4.69) is 10.3 Å². The maximum Gasteiger partial charge on any atom is 0.410 e. The maximum atomic E-state index is 12.1. The van der Waals surface area contributed by atoms with Crippen LogP contribution in [0.25, 0.3) is 11.0 Å². The standard InChI is InChI=1S/C15H21N5O2/c1-15(2,3)22-14(21)19-7-6-11(9-19)20-13-5-4-10(16)8-12(13)17-18-20/h4-5,8,11H,6-7,9,16H2,1-3H3. The Bertz CT molecular complexity index is 704. The highest BCUT2D eigenvalue weighted by Crippen LogP contribution is 2.26. The van der Waals surface area contributed by atoms with E-state index < -0.39 is 5.60 Å². The van der Waals surface area contributed by atoms with E-state index in [4.69, 9.17) is 10.5 Å². The summed E-state index contributed by atoms with van der Waals surface area (Å²) in [6, 6.07) is 5.67. The summed E-state index contributed by atoms with van der Waals surface area (Å²) >= 11 is 0. The first-order valence-corrected chi connectivity index (χ1v) is 7.42. The first kappa shape index (κ1) is 14.6. The van der Waals surface area contributed by atoms with Crippen LogP contribution in [-0.4, -0.2) is 44.7 Å². The van der Waals surface area contributed by atoms with Crippen LogP contribution in [0.1, 0.15) is 33.2 Å². The first-order valence-electron chi connectivity index (χ1n) is 7.42. The number of hydrogen-bond acceptors (Lipinski definition) is 5. The van der Waals surface area contributed by atoms with Crippen LogP contribution in [0, 0.1) is 0 Å². The molecule has 118 valence electrons. The van der Waals surface area contributed by atoms with Crippen molar-refractivity contribution in [2.75, 3.05) is 18.8 Å². The number of rotatable bonds is 1. The van der Waals surface area contributed by atoms with E-state index in [1.807, 2.05) is 37.6 Å². The molecule has 2 heterocycles. The van der Waals surface area contributed by atoms with E-state index in [0.29, 0.717) is 18.8 Å². The minimum absolute atomic E-state index is 0.112. The highest BCUT2D eigenvalue weighted by molar-refractivity contribution is 5.78. The van der Waals surface area contributed by atoms with Gasteiger partial charge in [0.2, 0.25) is 0 Å². The van der Waals surface area contributed by atoms with Gasteiger partial charge in [0.1, 0.15) is 11.1 Å². The SMILES string of the molecule is CC(C)(C)OC(=O)N1CCC(n2nnc3cc(N)ccc32)C1. The van der Waals surface area contributed by atoms with Crippen molar-refractivity contribution in [3.63, 3.8) is 0 Å². The van der Waals surface area contributed by atoms with Gasteiger partial charge in [0.05, 0.1) is 11.6 Å². The topological polar surface area (TPSA) is 86.3 Å². The van der Waals surface area contributed by atoms with E-state index in [0.717, 1.165) is 17.5 Å². The number of nitrogens with two attached hydrogens (primary N) is 1. The van der Waals surface area contributed by atoms with E-state index in [9.17, 15) is 4.79 Å². The van der Waals surface area contributed by atoms with Crippen molar-refractivity contribution in [3.05, 3.63) is 18.2 Å². The van der Waals surface area contributed by atoms with Gasteiger partial charge in [-0.3, -0.25) is 0 Å². The smallest absolute Gasteiger partial charge is 0.410 e. The molecule has 0 aliphatic carbocycles. The fourth-order valence-corrected chi connectivity index (χ4v) is 2.66. The van der Waals surface area contributed by atoms with Gasteiger partial charge in [0, 0.05) is 18.8 Å². The second kappa shape index (κ2) is 5.15. The number of hydrogen-bond donors (Lipinski definition) is 1. The highest BCUT2D eigenvalue weighted by atomic mass is 16.6. The molecule has 0 spiro atoms. The van der Waals surface area contributed by atoms with Crippen molar-refractivity contribution in [2.45, 2.75) is 38.8 Å². The Balaban J connectivity index is 1.76. The van der Waals surface area contributed by atoms with Gasteiger partial charge in [0.15, 0.2) is 0 Å². The van der Waals surface area contributed by atoms with Gasteiger partial charge in [-0.2, -0.15) is 0 Å². The molecule has 0 radical (unpaired) electrons. The molecule has 1 aromatic carbocycles. The molecule has 2 aromatic rings. The zero-order chi connectivity index (χ0) is 15.9. The lowest BCUT2D eigenvalue weighted by atomic mass is 10.2. The van der Waals surface area contributed by atoms with Gasteiger partial charge < -0.3 is 15.4 Å². The quantitative estimate of drug-likeness (QED) is 0.816. The lowest BCUT2D eigenvalue weighted by molar-refractivity contribution is 0.0288. The lowest BCUT2D eigenvalue weighted by Crippen LogP contribution is -2.35. The molecule has 1 amide bonds. The van der Waals surface area contributed by atoms with E-state index >= 15 is 0 Å². The van der Waals surface area contributed by atoms with Gasteiger partial charge >= 0.3 is 6.09 Å². The Hall–Kier alpha value is -2.31. The molecule has 7 heteroatoms. The third-order valence-corrected chi connectivity index (χ3v) is 3.66. The number of aromatic nitrogens is 3. The second-order valence-corrected chi connectivity index (χ2v) is 6.65. The fraction of sp³-hybridized carbons (Fsp3) is 0.533. The summed E-state index contributed by atoms with van der Waals surface area (Å²) in [7, 11) is 0. The summed E-state index contributed by atoms with van der Waals surface area (Å²) in [5, 5.41) is 8.37. The molecule has 1 aliphatic rings. The molecule has 1 aromatic heterocycles. The van der Waals surface area contributed by atoms with Gasteiger partial charge in [0.25, 0.3) is 0 Å². The summed E-state index contributed by atoms with van der Waals surface area (Å²) in [6.45, 7) is 6.85. The molecule has 1 saturated heterocycles. The van der Waals surface area contributed by atoms with Crippen molar-refractivity contribution >= 4 is 22.8 Å². The molecule has 1 atom stereocenters. The Labute approximate surface area is 129 Å². The monoisotopic (exact) mass is 303 g/mol. The number of anilines is 1. The number of nitrogens with zero attached hydrogens (tertiary/aromatic N) is 4. The van der Waals surface area contributed by atoms with Crippen LogP contribution < -0.4 is 5.73 Å². The van der Waals surface area contributed by atoms with Crippen molar-refractivity contribution in [1.29, 1.82) is 0 Å². The summed E-state index contributed by atoms with van der Waals surface area (Å²) in [5.74, 6) is 0. The molecule has 22 heavy (non-hydrogen) atoms. The van der Waals surface area contributed by atoms with E-state index in [-0.39, 0.29) is 12.1 Å². The number of amides is 1. The molecule has 3 rings (SSSR count). The maximum absolute atomic E-state index is 12.1. The van der Waals surface area contributed by atoms with Crippen molar-refractivity contribution in [1.82, 2.24) is 19.9 Å². The number of carbonyl (C=O) groups excluding carboxylic acids is 1. The molecule has 0 bridgehead atoms. The number of fused-ring (bicyclic) bond motifs is 1. The summed E-state index contributed by atoms with van der Waals surface area (Å²) < 4.78 is 7.29. The van der Waals surface area contributed by atoms with Crippen molar-refractivity contribution in [2.24, 2.45) is 0 Å². The minimum atomic E-state index is -0.480. The Morgan fingerprint density at radius 3 is 2.91 bits per heavy atom. The van der Waals surface area contributed by atoms with Gasteiger partial charge in [-0.25, -0.2) is 9.48 Å². The first-order chi connectivity index (χ1) is 10.3. The van der Waals surface area contributed by atoms with Crippen LogP contribution in [0.4, 0.5) is 10.5 Å². The molecule has 7 nitrogen and oxygen atoms in total. The Morgan fingerprint density at radius 2 is 2.18 bits per heavy atom. The second-order valence-electron chi connectivity index (χ2n) is 6.65. The molecule has 1 unspecified atom stereocenters. The highest BCUT2D eigenvalue weighted by Gasteiger charge is 2.31. The van der Waals surface area contributed by atoms with Gasteiger partial charge in [-0.1, -0.05) is 5.21 Å². The van der Waals surface area contributed by atoms with Crippen LogP contribution >= 0.6 is 0 Å². The van der Waals surface area contributed by atoms with Crippen LogP contribution in [0.3, 0.4) is 0 Å². The third-order valence-electron chi connectivity index (χ3n) is 3.66. The van der Waals surface area contributed by atoms with Crippen molar-refractivity contribution < 1.29 is 9.53 Å². The molecule has 1 fully saturated rings.